The summed E-state index contributed by atoms with van der Waals surface area (Å²) in [6.45, 7) is 10.1. The van der Waals surface area contributed by atoms with Crippen molar-refractivity contribution in [1.82, 2.24) is 0 Å². The molecule has 0 aromatic heterocycles. The van der Waals surface area contributed by atoms with Crippen molar-refractivity contribution in [2.24, 2.45) is 17.8 Å². The summed E-state index contributed by atoms with van der Waals surface area (Å²) < 4.78 is 0. The molecule has 3 nitrogen and oxygen atoms in total. The van der Waals surface area contributed by atoms with Gasteiger partial charge >= 0.3 is 0 Å². The summed E-state index contributed by atoms with van der Waals surface area (Å²) in [5.74, 6) is -1.80. The molecule has 0 aromatic carbocycles. The van der Waals surface area contributed by atoms with Gasteiger partial charge in [0.1, 0.15) is 17.3 Å². The summed E-state index contributed by atoms with van der Waals surface area (Å²) >= 11 is 0. The highest BCUT2D eigenvalue weighted by atomic mass is 16.1. The third-order valence-corrected chi connectivity index (χ3v) is 3.25. The molecule has 97 valence electrons. The minimum Gasteiger partial charge on any atom is -0.300 e. The Hall–Kier alpha value is -0.990. The first kappa shape index (κ1) is 16.0. The maximum atomic E-state index is 11.7. The van der Waals surface area contributed by atoms with Crippen LogP contribution in [0, 0.1) is 24.7 Å². The topological polar surface area (TPSA) is 51.2 Å². The first-order valence-electron chi connectivity index (χ1n) is 6.17. The number of ketones is 3. The zero-order chi connectivity index (χ0) is 13.6. The molecule has 3 heteroatoms. The Bertz CT molecular complexity index is 294. The van der Waals surface area contributed by atoms with Gasteiger partial charge in [-0.15, -0.1) is 0 Å². The minimum atomic E-state index is -0.613. The Balaban J connectivity index is 5.02. The number of hydrogen-bond donors (Lipinski definition) is 0. The van der Waals surface area contributed by atoms with Crippen LogP contribution in [0.4, 0.5) is 0 Å². The molecule has 0 aliphatic carbocycles. The molecule has 3 atom stereocenters. The van der Waals surface area contributed by atoms with Crippen LogP contribution in [0.15, 0.2) is 0 Å². The lowest BCUT2D eigenvalue weighted by atomic mass is 9.74. The van der Waals surface area contributed by atoms with E-state index in [2.05, 4.69) is 6.92 Å². The van der Waals surface area contributed by atoms with Crippen LogP contribution in [0.25, 0.3) is 0 Å². The van der Waals surface area contributed by atoms with Gasteiger partial charge in [0.05, 0.1) is 0 Å². The van der Waals surface area contributed by atoms with Gasteiger partial charge in [0.2, 0.25) is 0 Å². The predicted molar refractivity (Wildman–Crippen MR) is 67.4 cm³/mol. The van der Waals surface area contributed by atoms with Crippen molar-refractivity contribution >= 4 is 17.3 Å². The largest absolute Gasteiger partial charge is 0.300 e. The molecule has 0 saturated carbocycles. The van der Waals surface area contributed by atoms with E-state index in [1.54, 1.807) is 0 Å². The van der Waals surface area contributed by atoms with Crippen molar-refractivity contribution < 1.29 is 14.4 Å². The van der Waals surface area contributed by atoms with E-state index in [4.69, 9.17) is 0 Å². The number of carbonyl (C=O) groups is 3. The van der Waals surface area contributed by atoms with Crippen LogP contribution in [0.3, 0.4) is 0 Å². The van der Waals surface area contributed by atoms with E-state index in [9.17, 15) is 14.4 Å². The van der Waals surface area contributed by atoms with Gasteiger partial charge in [-0.2, -0.15) is 0 Å². The molecular formula is C14H23O3. The first-order chi connectivity index (χ1) is 7.82. The van der Waals surface area contributed by atoms with Crippen LogP contribution in [0.2, 0.25) is 0 Å². The predicted octanol–water partition coefficient (Wildman–Crippen LogP) is 2.63. The molecule has 0 aliphatic rings. The maximum Gasteiger partial charge on any atom is 0.134 e. The van der Waals surface area contributed by atoms with E-state index in [0.717, 1.165) is 12.8 Å². The van der Waals surface area contributed by atoms with Crippen molar-refractivity contribution in [3.8, 4) is 0 Å². The molecule has 0 N–H and O–H groups in total. The highest BCUT2D eigenvalue weighted by Crippen LogP contribution is 2.28. The standard InChI is InChI=1S/C14H23O3/c1-6-7-8-13(11(4)16)14(12(5)17)9(2)10(3)15/h9,13-14H,2,6-8H2,1,3-5H3. The van der Waals surface area contributed by atoms with Crippen LogP contribution in [0.1, 0.15) is 47.0 Å². The first-order valence-corrected chi connectivity index (χ1v) is 6.17. The van der Waals surface area contributed by atoms with Gasteiger partial charge in [0.15, 0.2) is 0 Å². The number of Topliss-reactive ketones (excluding diaryl/α,β-unsaturated/α-hetero) is 3. The number of rotatable bonds is 8. The van der Waals surface area contributed by atoms with Crippen LogP contribution in [-0.2, 0) is 14.4 Å². The Morgan fingerprint density at radius 2 is 1.53 bits per heavy atom. The van der Waals surface area contributed by atoms with Crippen molar-refractivity contribution in [1.29, 1.82) is 0 Å². The SMILES string of the molecule is [CH2]C(C(C)=O)C(C(C)=O)C(CCCC)C(C)=O. The van der Waals surface area contributed by atoms with Crippen molar-refractivity contribution in [2.45, 2.75) is 47.0 Å². The molecule has 0 aromatic rings. The van der Waals surface area contributed by atoms with Gasteiger partial charge in [0.25, 0.3) is 0 Å². The number of unbranched alkanes of at least 4 members (excludes halogenated alkanes) is 1. The molecule has 0 heterocycles. The Morgan fingerprint density at radius 3 is 1.82 bits per heavy atom. The van der Waals surface area contributed by atoms with E-state index in [1.165, 1.54) is 20.8 Å². The lowest BCUT2D eigenvalue weighted by Crippen LogP contribution is -2.35. The molecule has 1 radical (unpaired) electrons. The second-order valence-electron chi connectivity index (χ2n) is 4.71. The Kier molecular flexibility index (Phi) is 6.93. The van der Waals surface area contributed by atoms with Gasteiger partial charge in [-0.3, -0.25) is 14.4 Å². The van der Waals surface area contributed by atoms with Crippen LogP contribution in [-0.4, -0.2) is 17.3 Å². The molecule has 0 bridgehead atoms. The normalized spacial score (nSPS) is 16.1. The highest BCUT2D eigenvalue weighted by molar-refractivity contribution is 5.92. The van der Waals surface area contributed by atoms with Gasteiger partial charge in [-0.25, -0.2) is 0 Å². The Morgan fingerprint density at radius 1 is 1.00 bits per heavy atom. The van der Waals surface area contributed by atoms with Gasteiger partial charge < -0.3 is 0 Å². The summed E-state index contributed by atoms with van der Waals surface area (Å²) in [7, 11) is 0. The third-order valence-electron chi connectivity index (χ3n) is 3.25. The molecule has 0 rings (SSSR count). The second kappa shape index (κ2) is 7.36. The minimum absolute atomic E-state index is 0.0199. The molecule has 0 fully saturated rings. The summed E-state index contributed by atoms with van der Waals surface area (Å²) in [6.07, 6.45) is 2.52. The van der Waals surface area contributed by atoms with E-state index in [0.29, 0.717) is 6.42 Å². The summed E-state index contributed by atoms with van der Waals surface area (Å²) in [4.78, 5) is 34.7. The van der Waals surface area contributed by atoms with Crippen molar-refractivity contribution in [2.75, 3.05) is 0 Å². The summed E-state index contributed by atoms with van der Waals surface area (Å²) in [6, 6.07) is 0. The van der Waals surface area contributed by atoms with E-state index in [1.807, 2.05) is 6.92 Å². The molecule has 17 heavy (non-hydrogen) atoms. The third kappa shape index (κ3) is 4.80. The van der Waals surface area contributed by atoms with Gasteiger partial charge in [0, 0.05) is 17.8 Å². The Labute approximate surface area is 104 Å². The lowest BCUT2D eigenvalue weighted by molar-refractivity contribution is -0.135. The summed E-state index contributed by atoms with van der Waals surface area (Å²) in [5.41, 5.74) is 0. The number of hydrogen-bond acceptors (Lipinski definition) is 3. The zero-order valence-corrected chi connectivity index (χ0v) is 11.3. The van der Waals surface area contributed by atoms with Crippen LogP contribution < -0.4 is 0 Å². The van der Waals surface area contributed by atoms with Crippen LogP contribution >= 0.6 is 0 Å². The van der Waals surface area contributed by atoms with Crippen molar-refractivity contribution in [3.63, 3.8) is 0 Å². The zero-order valence-electron chi connectivity index (χ0n) is 11.3. The summed E-state index contributed by atoms with van der Waals surface area (Å²) in [5, 5.41) is 0. The van der Waals surface area contributed by atoms with E-state index >= 15 is 0 Å². The molecule has 0 spiro atoms. The number of carbonyl (C=O) groups excluding carboxylic acids is 3. The van der Waals surface area contributed by atoms with Gasteiger partial charge in [-0.1, -0.05) is 19.8 Å². The fraction of sp³-hybridized carbons (Fsp3) is 0.714. The molecule has 0 saturated heterocycles. The van der Waals surface area contributed by atoms with Gasteiger partial charge in [-0.05, 0) is 34.1 Å². The fourth-order valence-electron chi connectivity index (χ4n) is 2.16. The lowest BCUT2D eigenvalue weighted by Gasteiger charge is -2.26. The highest BCUT2D eigenvalue weighted by Gasteiger charge is 2.35. The average molecular weight is 239 g/mol. The second-order valence-corrected chi connectivity index (χ2v) is 4.71. The van der Waals surface area contributed by atoms with E-state index in [-0.39, 0.29) is 23.3 Å². The molecule has 3 unspecified atom stereocenters. The van der Waals surface area contributed by atoms with Crippen LogP contribution in [0.5, 0.6) is 0 Å². The molecule has 0 amide bonds. The quantitative estimate of drug-likeness (QED) is 0.654. The maximum absolute atomic E-state index is 11.7. The molecule has 0 aliphatic heterocycles. The average Bonchev–Trinajstić information content (AvgIpc) is 2.21. The van der Waals surface area contributed by atoms with E-state index < -0.39 is 11.8 Å². The fourth-order valence-corrected chi connectivity index (χ4v) is 2.16. The van der Waals surface area contributed by atoms with Crippen molar-refractivity contribution in [3.05, 3.63) is 6.92 Å². The molecular weight excluding hydrogens is 216 g/mol. The monoisotopic (exact) mass is 239 g/mol. The smallest absolute Gasteiger partial charge is 0.134 e.